The van der Waals surface area contributed by atoms with Gasteiger partial charge in [0.2, 0.25) is 0 Å². The van der Waals surface area contributed by atoms with Crippen molar-refractivity contribution in [2.75, 3.05) is 6.54 Å². The zero-order valence-electron chi connectivity index (χ0n) is 15.5. The smallest absolute Gasteiger partial charge is 0.308 e. The molecule has 1 unspecified atom stereocenters. The van der Waals surface area contributed by atoms with Crippen molar-refractivity contribution >= 4 is 22.9 Å². The number of nitrogens with zero attached hydrogens (tertiary/aromatic N) is 3. The lowest BCUT2D eigenvalue weighted by Crippen LogP contribution is -2.31. The van der Waals surface area contributed by atoms with E-state index in [4.69, 9.17) is 10.1 Å². The number of benzene rings is 1. The van der Waals surface area contributed by atoms with Crippen LogP contribution in [-0.4, -0.2) is 38.3 Å². The topological polar surface area (TPSA) is 97.1 Å². The quantitative estimate of drug-likeness (QED) is 0.698. The minimum atomic E-state index is -0.951. The average Bonchev–Trinajstić information content (AvgIpc) is 3.09. The maximum atomic E-state index is 12.8. The first-order chi connectivity index (χ1) is 12.9. The zero-order chi connectivity index (χ0) is 19.6. The lowest BCUT2D eigenvalue weighted by atomic mass is 10.1. The maximum absolute atomic E-state index is 12.8. The summed E-state index contributed by atoms with van der Waals surface area (Å²) in [4.78, 5) is 28.5. The molecule has 7 nitrogen and oxygen atoms in total. The van der Waals surface area contributed by atoms with Gasteiger partial charge in [-0.3, -0.25) is 9.59 Å². The lowest BCUT2D eigenvalue weighted by molar-refractivity contribution is -0.140. The largest absolute Gasteiger partial charge is 0.481 e. The fourth-order valence-electron chi connectivity index (χ4n) is 2.77. The minimum absolute atomic E-state index is 0.0526. The molecule has 3 rings (SSSR count). The van der Waals surface area contributed by atoms with E-state index in [-0.39, 0.29) is 18.5 Å². The summed E-state index contributed by atoms with van der Waals surface area (Å²) >= 11 is 0. The molecule has 1 aromatic carbocycles. The molecule has 1 amide bonds. The van der Waals surface area contributed by atoms with Crippen LogP contribution in [0.25, 0.3) is 22.3 Å². The average molecular weight is 366 g/mol. The molecule has 140 valence electrons. The Hall–Kier alpha value is -3.22. The van der Waals surface area contributed by atoms with Crippen molar-refractivity contribution in [2.24, 2.45) is 5.92 Å². The number of fused-ring (bicyclic) bond motifs is 1. The van der Waals surface area contributed by atoms with Gasteiger partial charge in [0.05, 0.1) is 28.8 Å². The van der Waals surface area contributed by atoms with Crippen molar-refractivity contribution in [3.8, 4) is 11.3 Å². The van der Waals surface area contributed by atoms with E-state index in [0.717, 1.165) is 5.56 Å². The standard InChI is InChI=1S/C20H22N4O3/c1-12(2)24-18-16(11-22-24)15(19(25)21-10-13(3)20(26)27)9-17(23-18)14-7-5-4-6-8-14/h4-9,11-13H,10H2,1-3H3,(H,21,25)(H,26,27). The first-order valence-corrected chi connectivity index (χ1v) is 8.83. The fourth-order valence-corrected chi connectivity index (χ4v) is 2.77. The number of pyridine rings is 1. The highest BCUT2D eigenvalue weighted by molar-refractivity contribution is 6.06. The second-order valence-corrected chi connectivity index (χ2v) is 6.79. The van der Waals surface area contributed by atoms with Gasteiger partial charge in [0.15, 0.2) is 5.65 Å². The molecular weight excluding hydrogens is 344 g/mol. The first kappa shape index (κ1) is 18.6. The predicted molar refractivity (Wildman–Crippen MR) is 102 cm³/mol. The summed E-state index contributed by atoms with van der Waals surface area (Å²) in [6, 6.07) is 11.4. The van der Waals surface area contributed by atoms with E-state index in [1.165, 1.54) is 0 Å². The third kappa shape index (κ3) is 3.81. The second-order valence-electron chi connectivity index (χ2n) is 6.79. The van der Waals surface area contributed by atoms with Gasteiger partial charge in [-0.2, -0.15) is 5.10 Å². The Morgan fingerprint density at radius 3 is 2.52 bits per heavy atom. The molecule has 0 fully saturated rings. The van der Waals surface area contributed by atoms with Crippen LogP contribution in [0.3, 0.4) is 0 Å². The van der Waals surface area contributed by atoms with Crippen LogP contribution in [0.15, 0.2) is 42.6 Å². The molecular formula is C20H22N4O3. The van der Waals surface area contributed by atoms with E-state index in [0.29, 0.717) is 22.3 Å². The molecule has 1 atom stereocenters. The molecule has 0 radical (unpaired) electrons. The van der Waals surface area contributed by atoms with Crippen molar-refractivity contribution in [1.29, 1.82) is 0 Å². The third-order valence-corrected chi connectivity index (χ3v) is 4.36. The van der Waals surface area contributed by atoms with Crippen molar-refractivity contribution < 1.29 is 14.7 Å². The van der Waals surface area contributed by atoms with Crippen molar-refractivity contribution in [1.82, 2.24) is 20.1 Å². The molecule has 3 aromatic rings. The summed E-state index contributed by atoms with van der Waals surface area (Å²) in [5.74, 6) is -1.96. The van der Waals surface area contributed by atoms with E-state index >= 15 is 0 Å². The highest BCUT2D eigenvalue weighted by atomic mass is 16.4. The molecule has 0 aliphatic carbocycles. The van der Waals surface area contributed by atoms with E-state index < -0.39 is 11.9 Å². The molecule has 7 heteroatoms. The van der Waals surface area contributed by atoms with Gasteiger partial charge >= 0.3 is 5.97 Å². The number of aliphatic carboxylic acids is 1. The molecule has 0 spiro atoms. The van der Waals surface area contributed by atoms with E-state index in [9.17, 15) is 9.59 Å². The molecule has 27 heavy (non-hydrogen) atoms. The number of hydrogen-bond acceptors (Lipinski definition) is 4. The Morgan fingerprint density at radius 2 is 1.89 bits per heavy atom. The fraction of sp³-hybridized carbons (Fsp3) is 0.300. The summed E-state index contributed by atoms with van der Waals surface area (Å²) in [5, 5.41) is 16.7. The zero-order valence-corrected chi connectivity index (χ0v) is 15.5. The Bertz CT molecular complexity index is 980. The number of aromatic nitrogens is 3. The summed E-state index contributed by atoms with van der Waals surface area (Å²) in [7, 11) is 0. The van der Waals surface area contributed by atoms with Crippen LogP contribution < -0.4 is 5.32 Å². The van der Waals surface area contributed by atoms with Crippen molar-refractivity contribution in [2.45, 2.75) is 26.8 Å². The van der Waals surface area contributed by atoms with Crippen LogP contribution in [0.2, 0.25) is 0 Å². The third-order valence-electron chi connectivity index (χ3n) is 4.36. The van der Waals surface area contributed by atoms with Crippen LogP contribution in [0.5, 0.6) is 0 Å². The van der Waals surface area contributed by atoms with Gasteiger partial charge in [-0.1, -0.05) is 37.3 Å². The summed E-state index contributed by atoms with van der Waals surface area (Å²) in [6.07, 6.45) is 1.63. The number of rotatable bonds is 6. The van der Waals surface area contributed by atoms with E-state index in [2.05, 4.69) is 10.4 Å². The number of nitrogens with one attached hydrogen (secondary N) is 1. The lowest BCUT2D eigenvalue weighted by Gasteiger charge is -2.12. The summed E-state index contributed by atoms with van der Waals surface area (Å²) < 4.78 is 1.78. The molecule has 2 heterocycles. The number of carboxylic acid groups (broad SMARTS) is 1. The van der Waals surface area contributed by atoms with Gasteiger partial charge in [0.25, 0.3) is 5.91 Å². The highest BCUT2D eigenvalue weighted by Gasteiger charge is 2.20. The minimum Gasteiger partial charge on any atom is -0.481 e. The highest BCUT2D eigenvalue weighted by Crippen LogP contribution is 2.26. The monoisotopic (exact) mass is 366 g/mol. The Balaban J connectivity index is 2.07. The van der Waals surface area contributed by atoms with E-state index in [1.807, 2.05) is 44.2 Å². The van der Waals surface area contributed by atoms with Crippen LogP contribution in [0.4, 0.5) is 0 Å². The molecule has 0 aliphatic heterocycles. The van der Waals surface area contributed by atoms with Crippen molar-refractivity contribution in [3.05, 3.63) is 48.2 Å². The Labute approximate surface area is 157 Å². The number of carbonyl (C=O) groups excluding carboxylic acids is 1. The Kier molecular flexibility index (Phi) is 5.21. The van der Waals surface area contributed by atoms with Gasteiger partial charge in [-0.25, -0.2) is 9.67 Å². The maximum Gasteiger partial charge on any atom is 0.308 e. The van der Waals surface area contributed by atoms with Gasteiger partial charge in [-0.15, -0.1) is 0 Å². The summed E-state index contributed by atoms with van der Waals surface area (Å²) in [5.41, 5.74) is 2.62. The SMILES string of the molecule is CC(CNC(=O)c1cc(-c2ccccc2)nc2c1cnn2C(C)C)C(=O)O. The van der Waals surface area contributed by atoms with Crippen molar-refractivity contribution in [3.63, 3.8) is 0 Å². The normalized spacial score (nSPS) is 12.3. The number of carboxylic acids is 1. The van der Waals surface area contributed by atoms with Crippen LogP contribution in [0, 0.1) is 5.92 Å². The number of amides is 1. The van der Waals surface area contributed by atoms with Gasteiger partial charge in [-0.05, 0) is 19.9 Å². The predicted octanol–water partition coefficient (Wildman–Crippen LogP) is 3.13. The van der Waals surface area contributed by atoms with Crippen LogP contribution in [-0.2, 0) is 4.79 Å². The van der Waals surface area contributed by atoms with Gasteiger partial charge < -0.3 is 10.4 Å². The van der Waals surface area contributed by atoms with Crippen LogP contribution in [0.1, 0.15) is 37.2 Å². The second kappa shape index (κ2) is 7.57. The summed E-state index contributed by atoms with van der Waals surface area (Å²) in [6.45, 7) is 5.60. The molecule has 0 saturated carbocycles. The molecule has 2 aromatic heterocycles. The Morgan fingerprint density at radius 1 is 1.19 bits per heavy atom. The van der Waals surface area contributed by atoms with Gasteiger partial charge in [0.1, 0.15) is 0 Å². The molecule has 0 bridgehead atoms. The van der Waals surface area contributed by atoms with Crippen LogP contribution >= 0.6 is 0 Å². The van der Waals surface area contributed by atoms with E-state index in [1.54, 1.807) is 23.9 Å². The number of hydrogen-bond donors (Lipinski definition) is 2. The number of carbonyl (C=O) groups is 2. The molecule has 2 N–H and O–H groups in total. The van der Waals surface area contributed by atoms with Gasteiger partial charge in [0, 0.05) is 18.2 Å². The molecule has 0 aliphatic rings. The molecule has 0 saturated heterocycles. The first-order valence-electron chi connectivity index (χ1n) is 8.83.